The first kappa shape index (κ1) is 14.8. The molecule has 19 heavy (non-hydrogen) atoms. The van der Waals surface area contributed by atoms with E-state index in [0.717, 1.165) is 49.1 Å². The molecular weight excluding hydrogens is 306 g/mol. The summed E-state index contributed by atoms with van der Waals surface area (Å²) in [5.74, 6) is 1.45. The lowest BCUT2D eigenvalue weighted by atomic mass is 10.1. The zero-order valence-corrected chi connectivity index (χ0v) is 13.0. The predicted molar refractivity (Wildman–Crippen MR) is 80.6 cm³/mol. The fourth-order valence-corrected chi connectivity index (χ4v) is 3.02. The first-order valence-electron chi connectivity index (χ1n) is 6.88. The van der Waals surface area contributed by atoms with Crippen LogP contribution in [0.25, 0.3) is 0 Å². The number of rotatable bonds is 6. The Morgan fingerprint density at radius 1 is 1.47 bits per heavy atom. The van der Waals surface area contributed by atoms with Crippen LogP contribution in [-0.4, -0.2) is 43.4 Å². The largest absolute Gasteiger partial charge is 0.496 e. The second-order valence-corrected chi connectivity index (χ2v) is 6.11. The van der Waals surface area contributed by atoms with Crippen molar-refractivity contribution >= 4 is 15.9 Å². The van der Waals surface area contributed by atoms with Gasteiger partial charge in [0.25, 0.3) is 0 Å². The van der Waals surface area contributed by atoms with E-state index in [0.29, 0.717) is 12.5 Å². The SMILES string of the molecule is COc1cc(Br)ccc1CCCN1CC[C@H](CO)C1. The molecule has 3 nitrogen and oxygen atoms in total. The number of likely N-dealkylation sites (tertiary alicyclic amines) is 1. The van der Waals surface area contributed by atoms with E-state index in [4.69, 9.17) is 9.84 Å². The van der Waals surface area contributed by atoms with E-state index in [2.05, 4.69) is 33.0 Å². The van der Waals surface area contributed by atoms with E-state index in [9.17, 15) is 0 Å². The van der Waals surface area contributed by atoms with Gasteiger partial charge in [0, 0.05) is 17.6 Å². The fourth-order valence-electron chi connectivity index (χ4n) is 2.68. The second kappa shape index (κ2) is 7.27. The number of nitrogens with zero attached hydrogens (tertiary/aromatic N) is 1. The molecule has 0 aromatic heterocycles. The summed E-state index contributed by atoms with van der Waals surface area (Å²) in [4.78, 5) is 2.45. The summed E-state index contributed by atoms with van der Waals surface area (Å²) in [5, 5.41) is 9.13. The minimum Gasteiger partial charge on any atom is -0.496 e. The van der Waals surface area contributed by atoms with Crippen molar-refractivity contribution < 1.29 is 9.84 Å². The first-order valence-corrected chi connectivity index (χ1v) is 7.68. The van der Waals surface area contributed by atoms with Crippen LogP contribution < -0.4 is 4.74 Å². The number of aliphatic hydroxyl groups is 1. The lowest BCUT2D eigenvalue weighted by Gasteiger charge is -2.16. The number of methoxy groups -OCH3 is 1. The van der Waals surface area contributed by atoms with Crippen molar-refractivity contribution in [2.45, 2.75) is 19.3 Å². The molecule has 1 aliphatic heterocycles. The number of ether oxygens (including phenoxy) is 1. The molecule has 0 bridgehead atoms. The summed E-state index contributed by atoms with van der Waals surface area (Å²) in [7, 11) is 1.72. The Bertz CT molecular complexity index is 411. The normalized spacial score (nSPS) is 19.8. The summed E-state index contributed by atoms with van der Waals surface area (Å²) < 4.78 is 6.46. The highest BCUT2D eigenvalue weighted by atomic mass is 79.9. The highest BCUT2D eigenvalue weighted by molar-refractivity contribution is 9.10. The smallest absolute Gasteiger partial charge is 0.123 e. The third kappa shape index (κ3) is 4.20. The minimum atomic E-state index is 0.330. The quantitative estimate of drug-likeness (QED) is 0.872. The lowest BCUT2D eigenvalue weighted by Crippen LogP contribution is -2.23. The molecule has 1 N–H and O–H groups in total. The maximum absolute atomic E-state index is 9.13. The number of aryl methyl sites for hydroxylation is 1. The van der Waals surface area contributed by atoms with Crippen molar-refractivity contribution in [2.24, 2.45) is 5.92 Å². The van der Waals surface area contributed by atoms with Crippen LogP contribution in [0.4, 0.5) is 0 Å². The molecule has 0 spiro atoms. The third-order valence-electron chi connectivity index (χ3n) is 3.80. The highest BCUT2D eigenvalue weighted by Gasteiger charge is 2.20. The van der Waals surface area contributed by atoms with Gasteiger partial charge in [-0.15, -0.1) is 0 Å². The highest BCUT2D eigenvalue weighted by Crippen LogP contribution is 2.25. The van der Waals surface area contributed by atoms with Crippen molar-refractivity contribution in [3.05, 3.63) is 28.2 Å². The molecular formula is C15H22BrNO2. The van der Waals surface area contributed by atoms with Gasteiger partial charge in [0.1, 0.15) is 5.75 Å². The summed E-state index contributed by atoms with van der Waals surface area (Å²) in [5.41, 5.74) is 1.27. The number of benzene rings is 1. The molecule has 0 radical (unpaired) electrons. The summed E-state index contributed by atoms with van der Waals surface area (Å²) in [6.07, 6.45) is 3.31. The van der Waals surface area contributed by atoms with Crippen molar-refractivity contribution in [3.63, 3.8) is 0 Å². The Morgan fingerprint density at radius 3 is 3.00 bits per heavy atom. The Morgan fingerprint density at radius 2 is 2.32 bits per heavy atom. The van der Waals surface area contributed by atoms with Crippen molar-refractivity contribution in [1.82, 2.24) is 4.90 Å². The van der Waals surface area contributed by atoms with Gasteiger partial charge in [-0.05, 0) is 56.0 Å². The molecule has 1 aromatic carbocycles. The second-order valence-electron chi connectivity index (χ2n) is 5.20. The molecule has 0 unspecified atom stereocenters. The monoisotopic (exact) mass is 327 g/mol. The molecule has 0 aliphatic carbocycles. The van der Waals surface area contributed by atoms with Gasteiger partial charge in [0.15, 0.2) is 0 Å². The van der Waals surface area contributed by atoms with Crippen LogP contribution >= 0.6 is 15.9 Å². The Kier molecular flexibility index (Phi) is 5.67. The summed E-state index contributed by atoms with van der Waals surface area (Å²) >= 11 is 3.46. The lowest BCUT2D eigenvalue weighted by molar-refractivity contribution is 0.221. The standard InChI is InChI=1S/C15H22BrNO2/c1-19-15-9-14(16)5-4-13(15)3-2-7-17-8-6-12(10-17)11-18/h4-5,9,12,18H,2-3,6-8,10-11H2,1H3/t12-/m0/s1. The number of hydrogen-bond donors (Lipinski definition) is 1. The van der Waals surface area contributed by atoms with E-state index in [1.165, 1.54) is 5.56 Å². The van der Waals surface area contributed by atoms with Gasteiger partial charge < -0.3 is 14.7 Å². The molecule has 1 saturated heterocycles. The maximum atomic E-state index is 9.13. The topological polar surface area (TPSA) is 32.7 Å². The van der Waals surface area contributed by atoms with Crippen molar-refractivity contribution in [3.8, 4) is 5.75 Å². The molecule has 1 heterocycles. The van der Waals surface area contributed by atoms with Crippen LogP contribution in [0.2, 0.25) is 0 Å². The molecule has 1 aromatic rings. The molecule has 1 fully saturated rings. The zero-order chi connectivity index (χ0) is 13.7. The van der Waals surface area contributed by atoms with E-state index in [1.807, 2.05) is 6.07 Å². The van der Waals surface area contributed by atoms with Gasteiger partial charge in [-0.2, -0.15) is 0 Å². The molecule has 1 atom stereocenters. The van der Waals surface area contributed by atoms with Crippen molar-refractivity contribution in [2.75, 3.05) is 33.4 Å². The van der Waals surface area contributed by atoms with Gasteiger partial charge >= 0.3 is 0 Å². The van der Waals surface area contributed by atoms with E-state index < -0.39 is 0 Å². The van der Waals surface area contributed by atoms with E-state index >= 15 is 0 Å². The summed E-state index contributed by atoms with van der Waals surface area (Å²) in [6, 6.07) is 6.21. The molecule has 106 valence electrons. The Balaban J connectivity index is 1.80. The molecule has 0 amide bonds. The molecule has 0 saturated carbocycles. The molecule has 1 aliphatic rings. The van der Waals surface area contributed by atoms with Crippen LogP contribution in [0.5, 0.6) is 5.75 Å². The average Bonchev–Trinajstić information content (AvgIpc) is 2.88. The number of hydrogen-bond acceptors (Lipinski definition) is 3. The van der Waals surface area contributed by atoms with Crippen molar-refractivity contribution in [1.29, 1.82) is 0 Å². The Labute approximate surface area is 123 Å². The van der Waals surface area contributed by atoms with Gasteiger partial charge in [-0.3, -0.25) is 0 Å². The predicted octanol–water partition coefficient (Wildman–Crippen LogP) is 2.70. The number of halogens is 1. The van der Waals surface area contributed by atoms with Gasteiger partial charge in [-0.1, -0.05) is 22.0 Å². The van der Waals surface area contributed by atoms with Crippen LogP contribution in [-0.2, 0) is 6.42 Å². The van der Waals surface area contributed by atoms with Gasteiger partial charge in [0.2, 0.25) is 0 Å². The van der Waals surface area contributed by atoms with E-state index in [1.54, 1.807) is 7.11 Å². The first-order chi connectivity index (χ1) is 9.22. The van der Waals surface area contributed by atoms with Crippen LogP contribution in [0, 0.1) is 5.92 Å². The molecule has 2 rings (SSSR count). The fraction of sp³-hybridized carbons (Fsp3) is 0.600. The van der Waals surface area contributed by atoms with Gasteiger partial charge in [-0.25, -0.2) is 0 Å². The van der Waals surface area contributed by atoms with Crippen LogP contribution in [0.3, 0.4) is 0 Å². The maximum Gasteiger partial charge on any atom is 0.123 e. The van der Waals surface area contributed by atoms with E-state index in [-0.39, 0.29) is 0 Å². The molecule has 4 heteroatoms. The van der Waals surface area contributed by atoms with Crippen LogP contribution in [0.1, 0.15) is 18.4 Å². The third-order valence-corrected chi connectivity index (χ3v) is 4.29. The summed E-state index contributed by atoms with van der Waals surface area (Å²) in [6.45, 7) is 3.61. The van der Waals surface area contributed by atoms with Crippen LogP contribution in [0.15, 0.2) is 22.7 Å². The Hall–Kier alpha value is -0.580. The average molecular weight is 328 g/mol. The zero-order valence-electron chi connectivity index (χ0n) is 11.4. The van der Waals surface area contributed by atoms with Gasteiger partial charge in [0.05, 0.1) is 7.11 Å². The minimum absolute atomic E-state index is 0.330. The number of aliphatic hydroxyl groups excluding tert-OH is 1.